The van der Waals surface area contributed by atoms with Crippen LogP contribution in [0.25, 0.3) is 10.9 Å². The Morgan fingerprint density at radius 2 is 1.95 bits per heavy atom. The molecule has 1 heterocycles. The molecule has 1 unspecified atom stereocenters. The van der Waals surface area contributed by atoms with Crippen molar-refractivity contribution in [2.24, 2.45) is 0 Å². The number of hydrogen-bond acceptors (Lipinski definition) is 2. The molecule has 0 fully saturated rings. The Hall–Kier alpha value is -1.97. The number of rotatable bonds is 3. The minimum absolute atomic E-state index is 0.211. The van der Waals surface area contributed by atoms with E-state index in [4.69, 9.17) is 11.6 Å². The molecule has 0 amide bonds. The van der Waals surface area contributed by atoms with Gasteiger partial charge in [0.25, 0.3) is 0 Å². The van der Waals surface area contributed by atoms with Crippen molar-refractivity contribution in [2.45, 2.75) is 12.5 Å². The molecular weight excluding hydrogens is 289 g/mol. The maximum atomic E-state index is 13.8. The number of hydrogen-bond donors (Lipinski definition) is 1. The van der Waals surface area contributed by atoms with Gasteiger partial charge in [0.2, 0.25) is 0 Å². The van der Waals surface area contributed by atoms with Crippen LogP contribution in [-0.4, -0.2) is 10.1 Å². The Morgan fingerprint density at radius 3 is 2.81 bits per heavy atom. The normalized spacial score (nSPS) is 12.5. The average Bonchev–Trinajstić information content (AvgIpc) is 2.50. The summed E-state index contributed by atoms with van der Waals surface area (Å²) in [5.74, 6) is -0.453. The summed E-state index contributed by atoms with van der Waals surface area (Å²) in [6.45, 7) is 0. The number of para-hydroxylation sites is 1. The molecule has 2 aromatic carbocycles. The fourth-order valence-electron chi connectivity index (χ4n) is 2.42. The fraction of sp³-hybridized carbons (Fsp3) is 0.118. The van der Waals surface area contributed by atoms with Crippen LogP contribution in [0.3, 0.4) is 0 Å². The van der Waals surface area contributed by atoms with Crippen molar-refractivity contribution in [3.8, 4) is 0 Å². The number of fused-ring (bicyclic) bond motifs is 1. The Labute approximate surface area is 126 Å². The number of aromatic nitrogens is 1. The third-order valence-corrected chi connectivity index (χ3v) is 3.70. The van der Waals surface area contributed by atoms with E-state index >= 15 is 0 Å². The Morgan fingerprint density at radius 1 is 1.14 bits per heavy atom. The molecule has 0 spiro atoms. The van der Waals surface area contributed by atoms with Gasteiger partial charge < -0.3 is 5.11 Å². The summed E-state index contributed by atoms with van der Waals surface area (Å²) in [4.78, 5) is 4.28. The highest BCUT2D eigenvalue weighted by Crippen LogP contribution is 2.26. The zero-order valence-corrected chi connectivity index (χ0v) is 11.9. The van der Waals surface area contributed by atoms with Gasteiger partial charge in [0.05, 0.1) is 11.6 Å². The van der Waals surface area contributed by atoms with Gasteiger partial charge in [0, 0.05) is 28.6 Å². The number of nitrogens with zero attached hydrogens (tertiary/aromatic N) is 1. The third-order valence-electron chi connectivity index (χ3n) is 3.47. The Balaban J connectivity index is 1.96. The van der Waals surface area contributed by atoms with Crippen LogP contribution in [-0.2, 0) is 6.42 Å². The highest BCUT2D eigenvalue weighted by atomic mass is 35.5. The molecule has 0 aliphatic carbocycles. The van der Waals surface area contributed by atoms with Gasteiger partial charge in [-0.25, -0.2) is 4.39 Å². The lowest BCUT2D eigenvalue weighted by molar-refractivity contribution is 0.174. The lowest BCUT2D eigenvalue weighted by Crippen LogP contribution is -2.05. The van der Waals surface area contributed by atoms with E-state index in [0.717, 1.165) is 16.5 Å². The monoisotopic (exact) mass is 301 g/mol. The van der Waals surface area contributed by atoms with Gasteiger partial charge in [0.1, 0.15) is 5.82 Å². The molecule has 0 radical (unpaired) electrons. The number of pyridine rings is 1. The molecule has 0 saturated carbocycles. The second kappa shape index (κ2) is 5.80. The molecule has 1 atom stereocenters. The summed E-state index contributed by atoms with van der Waals surface area (Å²) >= 11 is 5.87. The first-order valence-electron chi connectivity index (χ1n) is 6.61. The standard InChI is InChI=1S/C17H13ClFNO/c18-12-5-6-15(19)14(10-12)17(21)9-11-7-8-20-16-4-2-1-3-13(11)16/h1-8,10,17,21H,9H2. The van der Waals surface area contributed by atoms with E-state index in [1.54, 1.807) is 6.20 Å². The van der Waals surface area contributed by atoms with Crippen molar-refractivity contribution in [1.82, 2.24) is 4.98 Å². The average molecular weight is 302 g/mol. The van der Waals surface area contributed by atoms with Crippen LogP contribution in [0.1, 0.15) is 17.2 Å². The van der Waals surface area contributed by atoms with Gasteiger partial charge in [0.15, 0.2) is 0 Å². The zero-order valence-electron chi connectivity index (χ0n) is 11.1. The van der Waals surface area contributed by atoms with Crippen LogP contribution < -0.4 is 0 Å². The molecular formula is C17H13ClFNO. The lowest BCUT2D eigenvalue weighted by Gasteiger charge is -2.14. The first-order valence-corrected chi connectivity index (χ1v) is 6.98. The van der Waals surface area contributed by atoms with E-state index in [9.17, 15) is 9.50 Å². The molecule has 0 aliphatic heterocycles. The van der Waals surface area contributed by atoms with Crippen LogP contribution in [0.15, 0.2) is 54.7 Å². The van der Waals surface area contributed by atoms with E-state index in [0.29, 0.717) is 11.4 Å². The lowest BCUT2D eigenvalue weighted by atomic mass is 9.98. The van der Waals surface area contributed by atoms with E-state index in [-0.39, 0.29) is 5.56 Å². The van der Waals surface area contributed by atoms with Gasteiger partial charge in [-0.2, -0.15) is 0 Å². The van der Waals surface area contributed by atoms with E-state index in [1.165, 1.54) is 18.2 Å². The van der Waals surface area contributed by atoms with E-state index < -0.39 is 11.9 Å². The molecule has 0 bridgehead atoms. The highest BCUT2D eigenvalue weighted by molar-refractivity contribution is 6.30. The smallest absolute Gasteiger partial charge is 0.129 e. The van der Waals surface area contributed by atoms with Gasteiger partial charge in [-0.1, -0.05) is 29.8 Å². The predicted molar refractivity (Wildman–Crippen MR) is 81.8 cm³/mol. The molecule has 1 aromatic heterocycles. The third kappa shape index (κ3) is 2.89. The molecule has 4 heteroatoms. The van der Waals surface area contributed by atoms with Crippen molar-refractivity contribution < 1.29 is 9.50 Å². The highest BCUT2D eigenvalue weighted by Gasteiger charge is 2.15. The summed E-state index contributed by atoms with van der Waals surface area (Å²) in [5.41, 5.74) is 1.99. The van der Waals surface area contributed by atoms with E-state index in [1.807, 2.05) is 30.3 Å². The van der Waals surface area contributed by atoms with Crippen LogP contribution in [0, 0.1) is 5.82 Å². The van der Waals surface area contributed by atoms with Crippen molar-refractivity contribution in [3.63, 3.8) is 0 Å². The van der Waals surface area contributed by atoms with Crippen LogP contribution in [0.2, 0.25) is 5.02 Å². The van der Waals surface area contributed by atoms with Gasteiger partial charge in [-0.15, -0.1) is 0 Å². The molecule has 0 aliphatic rings. The first kappa shape index (κ1) is 14.0. The van der Waals surface area contributed by atoms with Crippen LogP contribution in [0.4, 0.5) is 4.39 Å². The van der Waals surface area contributed by atoms with E-state index in [2.05, 4.69) is 4.98 Å². The number of benzene rings is 2. The van der Waals surface area contributed by atoms with Gasteiger partial charge >= 0.3 is 0 Å². The molecule has 2 nitrogen and oxygen atoms in total. The molecule has 0 saturated heterocycles. The molecule has 21 heavy (non-hydrogen) atoms. The van der Waals surface area contributed by atoms with Crippen LogP contribution >= 0.6 is 11.6 Å². The molecule has 106 valence electrons. The maximum Gasteiger partial charge on any atom is 0.129 e. The number of aliphatic hydroxyl groups excluding tert-OH is 1. The molecule has 3 aromatic rings. The summed E-state index contributed by atoms with van der Waals surface area (Å²) in [6, 6.07) is 13.7. The molecule has 3 rings (SSSR count). The second-order valence-corrected chi connectivity index (χ2v) is 5.31. The maximum absolute atomic E-state index is 13.8. The fourth-order valence-corrected chi connectivity index (χ4v) is 2.60. The largest absolute Gasteiger partial charge is 0.388 e. The van der Waals surface area contributed by atoms with Gasteiger partial charge in [-0.3, -0.25) is 4.98 Å². The molecule has 1 N–H and O–H groups in total. The summed E-state index contributed by atoms with van der Waals surface area (Å²) in [5, 5.41) is 11.7. The quantitative estimate of drug-likeness (QED) is 0.782. The van der Waals surface area contributed by atoms with Crippen molar-refractivity contribution in [1.29, 1.82) is 0 Å². The van der Waals surface area contributed by atoms with Gasteiger partial charge in [-0.05, 0) is 35.9 Å². The Kier molecular flexibility index (Phi) is 3.86. The minimum Gasteiger partial charge on any atom is -0.388 e. The van der Waals surface area contributed by atoms with Crippen molar-refractivity contribution >= 4 is 22.5 Å². The summed E-state index contributed by atoms with van der Waals surface area (Å²) in [6.07, 6.45) is 1.05. The van der Waals surface area contributed by atoms with Crippen molar-refractivity contribution in [3.05, 3.63) is 76.7 Å². The van der Waals surface area contributed by atoms with Crippen LogP contribution in [0.5, 0.6) is 0 Å². The minimum atomic E-state index is -0.950. The topological polar surface area (TPSA) is 33.1 Å². The second-order valence-electron chi connectivity index (χ2n) is 4.87. The van der Waals surface area contributed by atoms with Crippen molar-refractivity contribution in [2.75, 3.05) is 0 Å². The summed E-state index contributed by atoms with van der Waals surface area (Å²) < 4.78 is 13.8. The SMILES string of the molecule is OC(Cc1ccnc2ccccc12)c1cc(Cl)ccc1F. The summed E-state index contributed by atoms with van der Waals surface area (Å²) in [7, 11) is 0. The number of halogens is 2. The number of aliphatic hydroxyl groups is 1. The Bertz CT molecular complexity index is 785. The first-order chi connectivity index (χ1) is 10.1. The predicted octanol–water partition coefficient (Wildman–Crippen LogP) is 4.30. The zero-order chi connectivity index (χ0) is 14.8.